The normalized spacial score (nSPS) is 10.5. The van der Waals surface area contributed by atoms with Crippen LogP contribution in [0.4, 0.5) is 14.5 Å². The number of alkyl halides is 2. The van der Waals surface area contributed by atoms with E-state index < -0.39 is 12.4 Å². The van der Waals surface area contributed by atoms with Crippen molar-refractivity contribution >= 4 is 11.7 Å². The summed E-state index contributed by atoms with van der Waals surface area (Å²) < 4.78 is 24.9. The Hall–Kier alpha value is -1.65. The van der Waals surface area contributed by atoms with Crippen LogP contribution in [-0.2, 0) is 0 Å². The molecule has 0 aliphatic carbocycles. The van der Waals surface area contributed by atoms with Crippen molar-refractivity contribution in [3.63, 3.8) is 0 Å². The zero-order chi connectivity index (χ0) is 11.6. The van der Waals surface area contributed by atoms with Crippen LogP contribution in [0.15, 0.2) is 18.2 Å². The maximum absolute atomic E-state index is 12.4. The van der Waals surface area contributed by atoms with Crippen LogP contribution in [0.5, 0.6) is 0 Å². The highest BCUT2D eigenvalue weighted by atomic mass is 19.3. The average Bonchev–Trinajstić information content (AvgIpc) is 2.16. The molecule has 1 rings (SSSR count). The molecule has 0 radical (unpaired) electrons. The molecule has 82 valence electrons. The molecule has 1 aromatic rings. The Morgan fingerprint density at radius 1 is 1.33 bits per heavy atom. The van der Waals surface area contributed by atoms with E-state index in [1.165, 1.54) is 12.1 Å². The van der Waals surface area contributed by atoms with Crippen LogP contribution in [-0.4, -0.2) is 25.2 Å². The van der Waals surface area contributed by atoms with Gasteiger partial charge in [-0.15, -0.1) is 0 Å². The fourth-order valence-electron chi connectivity index (χ4n) is 1.14. The Morgan fingerprint density at radius 3 is 2.33 bits per heavy atom. The van der Waals surface area contributed by atoms with E-state index in [4.69, 9.17) is 5.11 Å². The second-order valence-corrected chi connectivity index (χ2v) is 3.31. The molecule has 0 unspecified atom stereocenters. The first kappa shape index (κ1) is 11.4. The molecular formula is C10H11F2NO2. The van der Waals surface area contributed by atoms with Crippen molar-refractivity contribution in [2.24, 2.45) is 0 Å². The number of aromatic carboxylic acids is 1. The number of carboxylic acids is 1. The van der Waals surface area contributed by atoms with Gasteiger partial charge in [-0.25, -0.2) is 13.6 Å². The minimum absolute atomic E-state index is 0.128. The third kappa shape index (κ3) is 2.65. The number of benzene rings is 1. The number of anilines is 1. The SMILES string of the molecule is CN(C)c1cc(C(=O)O)cc(C(F)F)c1. The number of carboxylic acid groups (broad SMARTS) is 1. The Bertz CT molecular complexity index is 351. The molecule has 3 nitrogen and oxygen atoms in total. The first-order valence-corrected chi connectivity index (χ1v) is 4.25. The minimum Gasteiger partial charge on any atom is -0.478 e. The molecule has 1 N–H and O–H groups in total. The molecule has 0 aliphatic heterocycles. The zero-order valence-electron chi connectivity index (χ0n) is 8.37. The van der Waals surface area contributed by atoms with Gasteiger partial charge in [-0.3, -0.25) is 0 Å². The molecule has 0 aromatic heterocycles. The number of carbonyl (C=O) groups is 1. The molecule has 0 saturated carbocycles. The highest BCUT2D eigenvalue weighted by Crippen LogP contribution is 2.25. The summed E-state index contributed by atoms with van der Waals surface area (Å²) in [7, 11) is 3.33. The number of hydrogen-bond acceptors (Lipinski definition) is 2. The molecule has 0 aliphatic rings. The van der Waals surface area contributed by atoms with Gasteiger partial charge in [0.25, 0.3) is 6.43 Å². The molecular weight excluding hydrogens is 204 g/mol. The lowest BCUT2D eigenvalue weighted by molar-refractivity contribution is 0.0696. The van der Waals surface area contributed by atoms with Crippen molar-refractivity contribution in [2.45, 2.75) is 6.43 Å². The summed E-state index contributed by atoms with van der Waals surface area (Å²) >= 11 is 0. The van der Waals surface area contributed by atoms with Gasteiger partial charge < -0.3 is 10.0 Å². The Labute approximate surface area is 85.9 Å². The van der Waals surface area contributed by atoms with Gasteiger partial charge in [0.1, 0.15) is 0 Å². The Morgan fingerprint density at radius 2 is 1.93 bits per heavy atom. The fourth-order valence-corrected chi connectivity index (χ4v) is 1.14. The summed E-state index contributed by atoms with van der Waals surface area (Å²) in [5.74, 6) is -1.21. The molecule has 5 heteroatoms. The van der Waals surface area contributed by atoms with Crippen LogP contribution in [0.1, 0.15) is 22.3 Å². The Kier molecular flexibility index (Phi) is 3.24. The van der Waals surface area contributed by atoms with Crippen molar-refractivity contribution in [2.75, 3.05) is 19.0 Å². The van der Waals surface area contributed by atoms with Gasteiger partial charge in [-0.1, -0.05) is 0 Å². The predicted molar refractivity (Wildman–Crippen MR) is 52.7 cm³/mol. The van der Waals surface area contributed by atoms with E-state index in [2.05, 4.69) is 0 Å². The number of hydrogen-bond donors (Lipinski definition) is 1. The second-order valence-electron chi connectivity index (χ2n) is 3.31. The highest BCUT2D eigenvalue weighted by molar-refractivity contribution is 5.89. The fraction of sp³-hybridized carbons (Fsp3) is 0.300. The highest BCUT2D eigenvalue weighted by Gasteiger charge is 2.13. The van der Waals surface area contributed by atoms with Crippen LogP contribution in [0.2, 0.25) is 0 Å². The van der Waals surface area contributed by atoms with E-state index in [0.29, 0.717) is 5.69 Å². The van der Waals surface area contributed by atoms with Crippen LogP contribution >= 0.6 is 0 Å². The molecule has 0 saturated heterocycles. The second kappa shape index (κ2) is 4.25. The lowest BCUT2D eigenvalue weighted by Gasteiger charge is -2.14. The quantitative estimate of drug-likeness (QED) is 0.841. The van der Waals surface area contributed by atoms with Crippen LogP contribution < -0.4 is 4.90 Å². The smallest absolute Gasteiger partial charge is 0.335 e. The van der Waals surface area contributed by atoms with Gasteiger partial charge in [0.2, 0.25) is 0 Å². The van der Waals surface area contributed by atoms with Gasteiger partial charge in [0, 0.05) is 25.3 Å². The van der Waals surface area contributed by atoms with Crippen molar-refractivity contribution in [3.05, 3.63) is 29.3 Å². The van der Waals surface area contributed by atoms with Crippen molar-refractivity contribution < 1.29 is 18.7 Å². The van der Waals surface area contributed by atoms with Crippen LogP contribution in [0, 0.1) is 0 Å². The summed E-state index contributed by atoms with van der Waals surface area (Å²) in [4.78, 5) is 12.3. The van der Waals surface area contributed by atoms with E-state index in [9.17, 15) is 13.6 Å². The molecule has 0 atom stereocenters. The van der Waals surface area contributed by atoms with Gasteiger partial charge in [0.05, 0.1) is 5.56 Å². The summed E-state index contributed by atoms with van der Waals surface area (Å²) in [6.45, 7) is 0. The summed E-state index contributed by atoms with van der Waals surface area (Å²) in [6.07, 6.45) is -2.66. The maximum atomic E-state index is 12.4. The van der Waals surface area contributed by atoms with E-state index in [-0.39, 0.29) is 11.1 Å². The lowest BCUT2D eigenvalue weighted by Crippen LogP contribution is -2.10. The van der Waals surface area contributed by atoms with Crippen LogP contribution in [0.3, 0.4) is 0 Å². The molecule has 1 aromatic carbocycles. The van der Waals surface area contributed by atoms with Gasteiger partial charge >= 0.3 is 5.97 Å². The topological polar surface area (TPSA) is 40.5 Å². The minimum atomic E-state index is -2.66. The first-order chi connectivity index (χ1) is 6.91. The van der Waals surface area contributed by atoms with Crippen molar-refractivity contribution in [1.82, 2.24) is 0 Å². The van der Waals surface area contributed by atoms with E-state index in [0.717, 1.165) is 6.07 Å². The summed E-state index contributed by atoms with van der Waals surface area (Å²) in [5, 5.41) is 8.73. The molecule has 0 bridgehead atoms. The zero-order valence-corrected chi connectivity index (χ0v) is 8.37. The van der Waals surface area contributed by atoms with Gasteiger partial charge in [-0.05, 0) is 18.2 Å². The monoisotopic (exact) mass is 215 g/mol. The number of nitrogens with zero attached hydrogens (tertiary/aromatic N) is 1. The maximum Gasteiger partial charge on any atom is 0.335 e. The molecule has 0 spiro atoms. The van der Waals surface area contributed by atoms with Gasteiger partial charge in [-0.2, -0.15) is 0 Å². The average molecular weight is 215 g/mol. The van der Waals surface area contributed by atoms with E-state index >= 15 is 0 Å². The van der Waals surface area contributed by atoms with Crippen molar-refractivity contribution in [3.8, 4) is 0 Å². The third-order valence-electron chi connectivity index (χ3n) is 1.96. The first-order valence-electron chi connectivity index (χ1n) is 4.25. The van der Waals surface area contributed by atoms with Crippen molar-refractivity contribution in [1.29, 1.82) is 0 Å². The predicted octanol–water partition coefficient (Wildman–Crippen LogP) is 2.39. The van der Waals surface area contributed by atoms with E-state index in [1.54, 1.807) is 19.0 Å². The standard InChI is InChI=1S/C10H11F2NO2/c1-13(2)8-4-6(9(11)12)3-7(5-8)10(14)15/h3-5,9H,1-2H3,(H,14,15). The Balaban J connectivity index is 3.26. The van der Waals surface area contributed by atoms with Gasteiger partial charge in [0.15, 0.2) is 0 Å². The molecule has 0 amide bonds. The molecule has 0 heterocycles. The molecule has 0 fully saturated rings. The lowest BCUT2D eigenvalue weighted by atomic mass is 10.1. The summed E-state index contributed by atoms with van der Waals surface area (Å²) in [6, 6.07) is 3.62. The largest absolute Gasteiger partial charge is 0.478 e. The van der Waals surface area contributed by atoms with Crippen LogP contribution in [0.25, 0.3) is 0 Å². The summed E-state index contributed by atoms with van der Waals surface area (Å²) in [5.41, 5.74) is 0.0419. The number of halogens is 2. The molecule has 15 heavy (non-hydrogen) atoms. The third-order valence-corrected chi connectivity index (χ3v) is 1.96. The van der Waals surface area contributed by atoms with E-state index in [1.807, 2.05) is 0 Å². The number of rotatable bonds is 3.